The van der Waals surface area contributed by atoms with Crippen LogP contribution in [0.4, 0.5) is 0 Å². The second-order valence-electron chi connectivity index (χ2n) is 3.73. The lowest BCUT2D eigenvalue weighted by molar-refractivity contribution is -0.120. The van der Waals surface area contributed by atoms with Crippen molar-refractivity contribution in [3.63, 3.8) is 0 Å². The summed E-state index contributed by atoms with van der Waals surface area (Å²) in [6.45, 7) is 2.89. The number of rotatable bonds is 7. The van der Waals surface area contributed by atoms with Gasteiger partial charge in [0.1, 0.15) is 5.01 Å². The topological polar surface area (TPSA) is 42.0 Å². The van der Waals surface area contributed by atoms with Gasteiger partial charge in [-0.15, -0.1) is 22.9 Å². The number of halogens is 1. The number of hydrogen-bond donors (Lipinski definition) is 1. The van der Waals surface area contributed by atoms with Gasteiger partial charge in [-0.2, -0.15) is 11.8 Å². The fourth-order valence-electron chi connectivity index (χ4n) is 1.22. The van der Waals surface area contributed by atoms with Crippen LogP contribution in [0.5, 0.6) is 0 Å². The van der Waals surface area contributed by atoms with Gasteiger partial charge in [-0.1, -0.05) is 6.92 Å². The molecule has 0 aromatic carbocycles. The van der Waals surface area contributed by atoms with Crippen LogP contribution >= 0.6 is 34.7 Å². The Hall–Kier alpha value is -0.260. The molecule has 1 rings (SSSR count). The van der Waals surface area contributed by atoms with E-state index in [-0.39, 0.29) is 5.91 Å². The summed E-state index contributed by atoms with van der Waals surface area (Å²) >= 11 is 8.95. The molecule has 0 spiro atoms. The highest BCUT2D eigenvalue weighted by Gasteiger charge is 2.07. The van der Waals surface area contributed by atoms with Crippen molar-refractivity contribution in [2.45, 2.75) is 30.9 Å². The smallest absolute Gasteiger partial charge is 0.226 e. The number of hydrogen-bond acceptors (Lipinski definition) is 4. The number of thiazole rings is 1. The largest absolute Gasteiger partial charge is 0.356 e. The second kappa shape index (κ2) is 7.95. The molecule has 0 saturated carbocycles. The van der Waals surface area contributed by atoms with E-state index in [1.807, 2.05) is 17.1 Å². The molecule has 0 bridgehead atoms. The van der Waals surface area contributed by atoms with E-state index in [0.29, 0.717) is 17.6 Å². The van der Waals surface area contributed by atoms with E-state index in [2.05, 4.69) is 23.5 Å². The zero-order chi connectivity index (χ0) is 12.7. The lowest BCUT2D eigenvalue weighted by Gasteiger charge is -2.08. The molecule has 0 aliphatic rings. The first-order chi connectivity index (χ1) is 8.15. The molecule has 0 aliphatic heterocycles. The maximum atomic E-state index is 11.6. The SMILES string of the molecule is CSC(C)CCNC(=O)Cc1nc(CCl)cs1. The minimum absolute atomic E-state index is 0.0359. The third-order valence-electron chi connectivity index (χ3n) is 2.32. The van der Waals surface area contributed by atoms with Gasteiger partial charge in [0.2, 0.25) is 5.91 Å². The molecule has 3 nitrogen and oxygen atoms in total. The Morgan fingerprint density at radius 3 is 3.06 bits per heavy atom. The lowest BCUT2D eigenvalue weighted by atomic mass is 10.3. The second-order valence-corrected chi connectivity index (χ2v) is 6.21. The Bertz CT molecular complexity index is 357. The molecule has 6 heteroatoms. The third-order valence-corrected chi connectivity index (χ3v) is 4.54. The van der Waals surface area contributed by atoms with Crippen LogP contribution in [-0.2, 0) is 17.1 Å². The Kier molecular flexibility index (Phi) is 6.92. The Labute approximate surface area is 115 Å². The highest BCUT2D eigenvalue weighted by atomic mass is 35.5. The van der Waals surface area contributed by atoms with E-state index in [0.717, 1.165) is 23.7 Å². The van der Waals surface area contributed by atoms with Gasteiger partial charge in [-0.3, -0.25) is 4.79 Å². The maximum absolute atomic E-state index is 11.6. The first-order valence-corrected chi connectivity index (χ1v) is 8.14. The molecule has 0 saturated heterocycles. The minimum atomic E-state index is 0.0359. The van der Waals surface area contributed by atoms with E-state index in [9.17, 15) is 4.79 Å². The molecule has 1 atom stereocenters. The van der Waals surface area contributed by atoms with Crippen molar-refractivity contribution < 1.29 is 4.79 Å². The van der Waals surface area contributed by atoms with Crippen molar-refractivity contribution in [2.75, 3.05) is 12.8 Å². The maximum Gasteiger partial charge on any atom is 0.226 e. The van der Waals surface area contributed by atoms with Gasteiger partial charge < -0.3 is 5.32 Å². The van der Waals surface area contributed by atoms with Gasteiger partial charge in [0.25, 0.3) is 0 Å². The van der Waals surface area contributed by atoms with Gasteiger partial charge in [-0.05, 0) is 12.7 Å². The molecule has 0 fully saturated rings. The fraction of sp³-hybridized carbons (Fsp3) is 0.636. The van der Waals surface area contributed by atoms with Crippen molar-refractivity contribution in [2.24, 2.45) is 0 Å². The summed E-state index contributed by atoms with van der Waals surface area (Å²) in [6.07, 6.45) is 3.43. The summed E-state index contributed by atoms with van der Waals surface area (Å²) in [6, 6.07) is 0. The molecule has 1 aromatic heterocycles. The van der Waals surface area contributed by atoms with E-state index in [4.69, 9.17) is 11.6 Å². The van der Waals surface area contributed by atoms with Gasteiger partial charge in [-0.25, -0.2) is 4.98 Å². The van der Waals surface area contributed by atoms with Gasteiger partial charge in [0.05, 0.1) is 18.0 Å². The standard InChI is InChI=1S/C11H17ClN2OS2/c1-8(16-2)3-4-13-10(15)5-11-14-9(6-12)7-17-11/h7-8H,3-6H2,1-2H3,(H,13,15). The highest BCUT2D eigenvalue weighted by Crippen LogP contribution is 2.12. The quantitative estimate of drug-likeness (QED) is 0.786. The number of aromatic nitrogens is 1. The van der Waals surface area contributed by atoms with Crippen LogP contribution < -0.4 is 5.32 Å². The van der Waals surface area contributed by atoms with Crippen molar-refractivity contribution >= 4 is 40.6 Å². The van der Waals surface area contributed by atoms with Gasteiger partial charge >= 0.3 is 0 Å². The van der Waals surface area contributed by atoms with Crippen LogP contribution in [0.3, 0.4) is 0 Å². The molecule has 1 amide bonds. The van der Waals surface area contributed by atoms with E-state index >= 15 is 0 Å². The number of carbonyl (C=O) groups is 1. The van der Waals surface area contributed by atoms with Crippen molar-refractivity contribution in [3.8, 4) is 0 Å². The summed E-state index contributed by atoms with van der Waals surface area (Å²) in [4.78, 5) is 15.8. The van der Waals surface area contributed by atoms with Gasteiger partial charge in [0.15, 0.2) is 0 Å². The van der Waals surface area contributed by atoms with Crippen LogP contribution in [0, 0.1) is 0 Å². The molecule has 96 valence electrons. The summed E-state index contributed by atoms with van der Waals surface area (Å²) in [5, 5.41) is 6.21. The van der Waals surface area contributed by atoms with E-state index in [1.165, 1.54) is 11.3 Å². The van der Waals surface area contributed by atoms with Crippen LogP contribution in [0.2, 0.25) is 0 Å². The summed E-state index contributed by atoms with van der Waals surface area (Å²) in [5.74, 6) is 0.442. The Balaban J connectivity index is 2.25. The Morgan fingerprint density at radius 2 is 2.47 bits per heavy atom. The molecule has 1 N–H and O–H groups in total. The monoisotopic (exact) mass is 292 g/mol. The molecule has 1 unspecified atom stereocenters. The molecule has 0 radical (unpaired) electrons. The normalized spacial score (nSPS) is 12.4. The first-order valence-electron chi connectivity index (χ1n) is 5.44. The lowest BCUT2D eigenvalue weighted by Crippen LogP contribution is -2.27. The van der Waals surface area contributed by atoms with Gasteiger partial charge in [0, 0.05) is 17.2 Å². The zero-order valence-electron chi connectivity index (χ0n) is 10.0. The van der Waals surface area contributed by atoms with E-state index < -0.39 is 0 Å². The van der Waals surface area contributed by atoms with Crippen molar-refractivity contribution in [3.05, 3.63) is 16.1 Å². The van der Waals surface area contributed by atoms with E-state index in [1.54, 1.807) is 0 Å². The molecule has 17 heavy (non-hydrogen) atoms. The first kappa shape index (κ1) is 14.8. The summed E-state index contributed by atoms with van der Waals surface area (Å²) < 4.78 is 0. The number of thioether (sulfide) groups is 1. The number of nitrogens with one attached hydrogen (secondary N) is 1. The average molecular weight is 293 g/mol. The highest BCUT2D eigenvalue weighted by molar-refractivity contribution is 7.99. The molecular weight excluding hydrogens is 276 g/mol. The summed E-state index contributed by atoms with van der Waals surface area (Å²) in [5.41, 5.74) is 0.843. The molecule has 1 heterocycles. The number of nitrogens with zero attached hydrogens (tertiary/aromatic N) is 1. The molecule has 0 aliphatic carbocycles. The van der Waals surface area contributed by atoms with Crippen LogP contribution in [0.1, 0.15) is 24.0 Å². The van der Waals surface area contributed by atoms with Crippen LogP contribution in [0.25, 0.3) is 0 Å². The van der Waals surface area contributed by atoms with Crippen molar-refractivity contribution in [1.82, 2.24) is 10.3 Å². The third kappa shape index (κ3) is 5.75. The number of amides is 1. The Morgan fingerprint density at radius 1 is 1.71 bits per heavy atom. The molecule has 1 aromatic rings. The average Bonchev–Trinajstić information content (AvgIpc) is 2.76. The number of alkyl halides is 1. The molecular formula is C11H17ClN2OS2. The zero-order valence-corrected chi connectivity index (χ0v) is 12.4. The predicted octanol–water partition coefficient (Wildman–Crippen LogP) is 2.68. The fourth-order valence-corrected chi connectivity index (χ4v) is 2.60. The summed E-state index contributed by atoms with van der Waals surface area (Å²) in [7, 11) is 0. The van der Waals surface area contributed by atoms with Crippen LogP contribution in [-0.4, -0.2) is 28.9 Å². The predicted molar refractivity (Wildman–Crippen MR) is 76.0 cm³/mol. The van der Waals surface area contributed by atoms with Crippen LogP contribution in [0.15, 0.2) is 5.38 Å². The number of carbonyl (C=O) groups excluding carboxylic acids is 1. The van der Waals surface area contributed by atoms with Crippen molar-refractivity contribution in [1.29, 1.82) is 0 Å². The minimum Gasteiger partial charge on any atom is -0.356 e.